The summed E-state index contributed by atoms with van der Waals surface area (Å²) in [6, 6.07) is 12.5. The zero-order valence-corrected chi connectivity index (χ0v) is 16.2. The molecule has 1 atom stereocenters. The molecule has 0 unspecified atom stereocenters. The van der Waals surface area contributed by atoms with Gasteiger partial charge in [0.05, 0.1) is 11.8 Å². The van der Waals surface area contributed by atoms with Gasteiger partial charge >= 0.3 is 0 Å². The Bertz CT molecular complexity index is 1010. The molecule has 0 radical (unpaired) electrons. The van der Waals surface area contributed by atoms with Crippen molar-refractivity contribution in [3.63, 3.8) is 0 Å². The van der Waals surface area contributed by atoms with Crippen LogP contribution in [0.25, 0.3) is 0 Å². The first-order valence-corrected chi connectivity index (χ1v) is 9.89. The van der Waals surface area contributed by atoms with Crippen LogP contribution < -0.4 is 4.74 Å². The van der Waals surface area contributed by atoms with Crippen LogP contribution in [0.4, 0.5) is 0 Å². The molecule has 2 N–H and O–H groups in total. The molecule has 0 saturated carbocycles. The molecule has 1 spiro atoms. The van der Waals surface area contributed by atoms with Gasteiger partial charge in [-0.05, 0) is 24.3 Å². The molecule has 3 aliphatic rings. The topological polar surface area (TPSA) is 85.6 Å². The maximum absolute atomic E-state index is 11.8. The monoisotopic (exact) mass is 393 g/mol. The highest BCUT2D eigenvalue weighted by Gasteiger charge is 2.52. The number of rotatable bonds is 1. The van der Waals surface area contributed by atoms with Crippen molar-refractivity contribution in [2.24, 2.45) is 5.10 Å². The second kappa shape index (κ2) is 6.40. The average Bonchev–Trinajstić information content (AvgIpc) is 3.17. The summed E-state index contributed by atoms with van der Waals surface area (Å²) >= 11 is 0. The van der Waals surface area contributed by atoms with Gasteiger partial charge in [0, 0.05) is 50.4 Å². The molecule has 1 saturated heterocycles. The summed E-state index contributed by atoms with van der Waals surface area (Å²) in [5, 5.41) is 27.1. The number of likely N-dealkylation sites (tertiary alicyclic amines) is 1. The van der Waals surface area contributed by atoms with Crippen LogP contribution in [0.1, 0.15) is 43.4 Å². The van der Waals surface area contributed by atoms with Gasteiger partial charge in [0.25, 0.3) is 0 Å². The molecule has 7 nitrogen and oxygen atoms in total. The number of phenolic OH excluding ortho intramolecular Hbond substituents is 2. The van der Waals surface area contributed by atoms with Gasteiger partial charge in [-0.2, -0.15) is 5.10 Å². The van der Waals surface area contributed by atoms with E-state index in [1.807, 2.05) is 34.2 Å². The Kier molecular flexibility index (Phi) is 3.94. The van der Waals surface area contributed by atoms with Gasteiger partial charge in [-0.1, -0.05) is 18.2 Å². The van der Waals surface area contributed by atoms with Crippen molar-refractivity contribution in [1.29, 1.82) is 0 Å². The van der Waals surface area contributed by atoms with Crippen molar-refractivity contribution >= 4 is 11.6 Å². The molecular formula is C22H23N3O4. The van der Waals surface area contributed by atoms with E-state index in [0.29, 0.717) is 37.9 Å². The maximum atomic E-state index is 11.8. The Morgan fingerprint density at radius 3 is 2.69 bits per heavy atom. The second-order valence-corrected chi connectivity index (χ2v) is 7.90. The van der Waals surface area contributed by atoms with Crippen molar-refractivity contribution in [3.05, 3.63) is 53.6 Å². The van der Waals surface area contributed by atoms with Crippen LogP contribution in [0.2, 0.25) is 0 Å². The number of carbonyl (C=O) groups excluding carboxylic acids is 1. The zero-order valence-electron chi connectivity index (χ0n) is 16.2. The number of hydrogen-bond donors (Lipinski definition) is 2. The molecule has 3 heterocycles. The Morgan fingerprint density at radius 1 is 1.17 bits per heavy atom. The molecule has 1 amide bonds. The van der Waals surface area contributed by atoms with Crippen molar-refractivity contribution in [3.8, 4) is 17.2 Å². The fourth-order valence-electron chi connectivity index (χ4n) is 4.65. The number of carbonyl (C=O) groups is 1. The largest absolute Gasteiger partial charge is 0.508 e. The fourth-order valence-corrected chi connectivity index (χ4v) is 4.65. The highest BCUT2D eigenvalue weighted by molar-refractivity contribution is 6.04. The van der Waals surface area contributed by atoms with E-state index < -0.39 is 5.72 Å². The summed E-state index contributed by atoms with van der Waals surface area (Å²) in [7, 11) is 0. The Morgan fingerprint density at radius 2 is 1.93 bits per heavy atom. The standard InChI is InChI=1S/C22H23N3O4/c1-14(26)24-10-8-22(9-11-24)25-19(16-4-2-3-5-21(16)29-22)13-18(23-25)17-12-15(27)6-7-20(17)28/h2-7,12,19,27-28H,8-11,13H2,1H3/t19-/m1/s1. The van der Waals surface area contributed by atoms with Crippen LogP contribution in [0.15, 0.2) is 47.6 Å². The van der Waals surface area contributed by atoms with Crippen LogP contribution in [0.3, 0.4) is 0 Å². The van der Waals surface area contributed by atoms with E-state index in [1.165, 1.54) is 12.1 Å². The lowest BCUT2D eigenvalue weighted by molar-refractivity contribution is -0.158. The lowest BCUT2D eigenvalue weighted by Crippen LogP contribution is -2.59. The normalized spacial score (nSPS) is 22.0. The van der Waals surface area contributed by atoms with E-state index >= 15 is 0 Å². The minimum atomic E-state index is -0.626. The summed E-state index contributed by atoms with van der Waals surface area (Å²) < 4.78 is 6.51. The molecule has 0 aliphatic carbocycles. The van der Waals surface area contributed by atoms with Crippen LogP contribution in [-0.2, 0) is 4.79 Å². The predicted molar refractivity (Wildman–Crippen MR) is 107 cm³/mol. The number of benzene rings is 2. The van der Waals surface area contributed by atoms with Crippen LogP contribution >= 0.6 is 0 Å². The summed E-state index contributed by atoms with van der Waals surface area (Å²) in [6.45, 7) is 2.82. The average molecular weight is 393 g/mol. The number of phenols is 2. The SMILES string of the molecule is CC(=O)N1CCC2(CC1)Oc1ccccc1[C@H]1CC(c3cc(O)ccc3O)=NN12. The Hall–Kier alpha value is -3.22. The molecule has 0 bridgehead atoms. The van der Waals surface area contributed by atoms with Crippen LogP contribution in [-0.4, -0.2) is 50.6 Å². The van der Waals surface area contributed by atoms with Gasteiger partial charge in [0.1, 0.15) is 17.2 Å². The third-order valence-corrected chi connectivity index (χ3v) is 6.19. The number of amides is 1. The lowest BCUT2D eigenvalue weighted by atomic mass is 9.90. The molecule has 150 valence electrons. The first kappa shape index (κ1) is 17.8. The number of ether oxygens (including phenoxy) is 1. The van der Waals surface area contributed by atoms with E-state index in [2.05, 4.69) is 0 Å². The van der Waals surface area contributed by atoms with Gasteiger partial charge in [0.15, 0.2) is 0 Å². The van der Waals surface area contributed by atoms with Crippen LogP contribution in [0.5, 0.6) is 17.2 Å². The third kappa shape index (κ3) is 2.80. The predicted octanol–water partition coefficient (Wildman–Crippen LogP) is 2.98. The van der Waals surface area contributed by atoms with Gasteiger partial charge in [0.2, 0.25) is 11.6 Å². The summed E-state index contributed by atoms with van der Waals surface area (Å²) in [6.07, 6.45) is 1.91. The van der Waals surface area contributed by atoms with Crippen molar-refractivity contribution in [1.82, 2.24) is 9.91 Å². The molecule has 7 heteroatoms. The van der Waals surface area contributed by atoms with E-state index in [1.54, 1.807) is 13.0 Å². The number of nitrogens with zero attached hydrogens (tertiary/aromatic N) is 3. The van der Waals surface area contributed by atoms with Gasteiger partial charge in [-0.3, -0.25) is 4.79 Å². The first-order chi connectivity index (χ1) is 14.0. The van der Waals surface area contributed by atoms with E-state index in [4.69, 9.17) is 9.84 Å². The fraction of sp³-hybridized carbons (Fsp3) is 0.364. The number of piperidine rings is 1. The van der Waals surface area contributed by atoms with E-state index in [0.717, 1.165) is 17.0 Å². The molecule has 29 heavy (non-hydrogen) atoms. The minimum absolute atomic E-state index is 0.0134. The zero-order chi connectivity index (χ0) is 20.2. The molecule has 2 aromatic rings. The third-order valence-electron chi connectivity index (χ3n) is 6.19. The lowest BCUT2D eigenvalue weighted by Gasteiger charge is -2.51. The quantitative estimate of drug-likeness (QED) is 0.728. The van der Waals surface area contributed by atoms with Crippen LogP contribution in [0, 0.1) is 0 Å². The second-order valence-electron chi connectivity index (χ2n) is 7.90. The number of hydrogen-bond acceptors (Lipinski definition) is 6. The molecule has 2 aromatic carbocycles. The van der Waals surface area contributed by atoms with Crippen molar-refractivity contribution in [2.45, 2.75) is 38.0 Å². The van der Waals surface area contributed by atoms with Gasteiger partial charge < -0.3 is 19.8 Å². The molecule has 3 aliphatic heterocycles. The summed E-state index contributed by atoms with van der Waals surface area (Å²) in [5.41, 5.74) is 1.69. The first-order valence-electron chi connectivity index (χ1n) is 9.89. The van der Waals surface area contributed by atoms with Gasteiger partial charge in [-0.15, -0.1) is 0 Å². The number of hydrazone groups is 1. The number of fused-ring (bicyclic) bond motifs is 4. The molecular weight excluding hydrogens is 370 g/mol. The number of para-hydroxylation sites is 1. The molecule has 0 aromatic heterocycles. The molecule has 1 fully saturated rings. The Labute approximate surface area is 168 Å². The van der Waals surface area contributed by atoms with Gasteiger partial charge in [-0.25, -0.2) is 5.01 Å². The summed E-state index contributed by atoms with van der Waals surface area (Å²) in [5.74, 6) is 1.10. The van der Waals surface area contributed by atoms with E-state index in [-0.39, 0.29) is 23.4 Å². The smallest absolute Gasteiger partial charge is 0.219 e. The molecule has 5 rings (SSSR count). The highest BCUT2D eigenvalue weighted by atomic mass is 16.5. The van der Waals surface area contributed by atoms with E-state index in [9.17, 15) is 15.0 Å². The minimum Gasteiger partial charge on any atom is -0.508 e. The number of aromatic hydroxyl groups is 2. The Balaban J connectivity index is 1.56. The summed E-state index contributed by atoms with van der Waals surface area (Å²) in [4.78, 5) is 13.6. The maximum Gasteiger partial charge on any atom is 0.219 e. The highest BCUT2D eigenvalue weighted by Crippen LogP contribution is 2.50. The van der Waals surface area contributed by atoms with Crippen molar-refractivity contribution in [2.75, 3.05) is 13.1 Å². The van der Waals surface area contributed by atoms with Crippen molar-refractivity contribution < 1.29 is 19.7 Å².